The standard InChI is InChI=1S/C17H13N3O5/c21-14(18-11-5-2-1-3-6-11)9-10-19-16(22)12-7-4-8-13(20(24)25)15(12)17(19)23/h1-8H,9-10H2,(H,18,21). The molecule has 0 radical (unpaired) electrons. The smallest absolute Gasteiger partial charge is 0.282 e. The molecule has 0 atom stereocenters. The van der Waals surface area contributed by atoms with Gasteiger partial charge in [0.15, 0.2) is 0 Å². The van der Waals surface area contributed by atoms with Gasteiger partial charge in [-0.15, -0.1) is 0 Å². The minimum absolute atomic E-state index is 0.0114. The van der Waals surface area contributed by atoms with Crippen molar-refractivity contribution in [1.82, 2.24) is 4.90 Å². The van der Waals surface area contributed by atoms with E-state index in [1.54, 1.807) is 30.3 Å². The van der Waals surface area contributed by atoms with Crippen LogP contribution >= 0.6 is 0 Å². The summed E-state index contributed by atoms with van der Waals surface area (Å²) in [5, 5.41) is 13.7. The third-order valence-corrected chi connectivity index (χ3v) is 3.79. The molecule has 0 saturated carbocycles. The molecule has 0 aromatic heterocycles. The third kappa shape index (κ3) is 3.09. The topological polar surface area (TPSA) is 110 Å². The van der Waals surface area contributed by atoms with E-state index in [1.807, 2.05) is 0 Å². The van der Waals surface area contributed by atoms with E-state index < -0.39 is 22.4 Å². The molecule has 0 aliphatic carbocycles. The first-order valence-corrected chi connectivity index (χ1v) is 7.47. The molecule has 0 saturated heterocycles. The van der Waals surface area contributed by atoms with Crippen LogP contribution in [0.3, 0.4) is 0 Å². The highest BCUT2D eigenvalue weighted by molar-refractivity contribution is 6.23. The van der Waals surface area contributed by atoms with Crippen molar-refractivity contribution >= 4 is 29.1 Å². The zero-order valence-corrected chi connectivity index (χ0v) is 13.0. The number of amides is 3. The van der Waals surface area contributed by atoms with Gasteiger partial charge in [0.1, 0.15) is 5.56 Å². The number of imide groups is 1. The lowest BCUT2D eigenvalue weighted by Gasteiger charge is -2.13. The van der Waals surface area contributed by atoms with Gasteiger partial charge in [0.2, 0.25) is 5.91 Å². The fourth-order valence-electron chi connectivity index (χ4n) is 2.63. The molecule has 2 aromatic carbocycles. The lowest BCUT2D eigenvalue weighted by atomic mass is 10.1. The number of para-hydroxylation sites is 1. The number of carbonyl (C=O) groups is 3. The Morgan fingerprint density at radius 3 is 2.44 bits per heavy atom. The second kappa shape index (κ2) is 6.52. The average Bonchev–Trinajstić information content (AvgIpc) is 2.85. The molecule has 8 heteroatoms. The minimum atomic E-state index is -0.750. The van der Waals surface area contributed by atoms with Crippen LogP contribution in [0.5, 0.6) is 0 Å². The van der Waals surface area contributed by atoms with Crippen LogP contribution in [0.2, 0.25) is 0 Å². The van der Waals surface area contributed by atoms with Gasteiger partial charge in [-0.25, -0.2) is 0 Å². The highest BCUT2D eigenvalue weighted by Crippen LogP contribution is 2.30. The van der Waals surface area contributed by atoms with Crippen LogP contribution in [0.1, 0.15) is 27.1 Å². The Morgan fingerprint density at radius 1 is 1.04 bits per heavy atom. The first kappa shape index (κ1) is 16.3. The maximum Gasteiger partial charge on any atom is 0.282 e. The van der Waals surface area contributed by atoms with Gasteiger partial charge in [0, 0.05) is 24.7 Å². The molecular formula is C17H13N3O5. The van der Waals surface area contributed by atoms with Crippen LogP contribution in [-0.4, -0.2) is 34.1 Å². The van der Waals surface area contributed by atoms with Crippen molar-refractivity contribution in [2.45, 2.75) is 6.42 Å². The summed E-state index contributed by atoms with van der Waals surface area (Å²) in [5.74, 6) is -1.74. The number of nitro groups is 1. The van der Waals surface area contributed by atoms with Crippen molar-refractivity contribution in [3.05, 3.63) is 69.8 Å². The number of hydrogen-bond acceptors (Lipinski definition) is 5. The first-order chi connectivity index (χ1) is 12.0. The number of hydrogen-bond donors (Lipinski definition) is 1. The van der Waals surface area contributed by atoms with E-state index in [2.05, 4.69) is 5.32 Å². The molecule has 126 valence electrons. The summed E-state index contributed by atoms with van der Waals surface area (Å²) in [6.45, 7) is -0.151. The number of carbonyl (C=O) groups excluding carboxylic acids is 3. The summed E-state index contributed by atoms with van der Waals surface area (Å²) in [7, 11) is 0. The summed E-state index contributed by atoms with van der Waals surface area (Å²) in [5.41, 5.74) is -0.0405. The van der Waals surface area contributed by atoms with E-state index in [1.165, 1.54) is 18.2 Å². The molecular weight excluding hydrogens is 326 g/mol. The Kier molecular flexibility index (Phi) is 4.25. The minimum Gasteiger partial charge on any atom is -0.326 e. The second-order valence-electron chi connectivity index (χ2n) is 5.38. The monoisotopic (exact) mass is 339 g/mol. The number of benzene rings is 2. The van der Waals surface area contributed by atoms with Gasteiger partial charge < -0.3 is 5.32 Å². The van der Waals surface area contributed by atoms with E-state index in [0.29, 0.717) is 5.69 Å². The highest BCUT2D eigenvalue weighted by atomic mass is 16.6. The molecule has 2 aromatic rings. The molecule has 0 unspecified atom stereocenters. The van der Waals surface area contributed by atoms with Gasteiger partial charge in [-0.3, -0.25) is 29.4 Å². The van der Waals surface area contributed by atoms with E-state index in [9.17, 15) is 24.5 Å². The van der Waals surface area contributed by atoms with Crippen molar-refractivity contribution in [2.24, 2.45) is 0 Å². The SMILES string of the molecule is O=C(CCN1C(=O)c2cccc([N+](=O)[O-])c2C1=O)Nc1ccccc1. The van der Waals surface area contributed by atoms with E-state index >= 15 is 0 Å². The summed E-state index contributed by atoms with van der Waals surface area (Å²) < 4.78 is 0. The van der Waals surface area contributed by atoms with Crippen LogP contribution < -0.4 is 5.32 Å². The third-order valence-electron chi connectivity index (χ3n) is 3.79. The van der Waals surface area contributed by atoms with Gasteiger partial charge in [0.25, 0.3) is 17.5 Å². The van der Waals surface area contributed by atoms with E-state index in [0.717, 1.165) is 4.90 Å². The number of nitrogens with one attached hydrogen (secondary N) is 1. The van der Waals surface area contributed by atoms with Crippen LogP contribution in [0.4, 0.5) is 11.4 Å². The molecule has 1 aliphatic rings. The van der Waals surface area contributed by atoms with Gasteiger partial charge in [0.05, 0.1) is 10.5 Å². The fraction of sp³-hybridized carbons (Fsp3) is 0.118. The lowest BCUT2D eigenvalue weighted by molar-refractivity contribution is -0.385. The van der Waals surface area contributed by atoms with E-state index in [4.69, 9.17) is 0 Å². The molecule has 3 rings (SSSR count). The number of anilines is 1. The Hall–Kier alpha value is -3.55. The predicted octanol–water partition coefficient (Wildman–Crippen LogP) is 2.22. The largest absolute Gasteiger partial charge is 0.326 e. The maximum absolute atomic E-state index is 12.4. The normalized spacial score (nSPS) is 12.9. The molecule has 0 bridgehead atoms. The number of fused-ring (bicyclic) bond motifs is 1. The van der Waals surface area contributed by atoms with Crippen LogP contribution in [0.15, 0.2) is 48.5 Å². The Morgan fingerprint density at radius 2 is 1.76 bits per heavy atom. The van der Waals surface area contributed by atoms with E-state index in [-0.39, 0.29) is 30.0 Å². The number of nitrogens with zero attached hydrogens (tertiary/aromatic N) is 2. The summed E-state index contributed by atoms with van der Waals surface area (Å²) >= 11 is 0. The second-order valence-corrected chi connectivity index (χ2v) is 5.38. The molecule has 3 amide bonds. The van der Waals surface area contributed by atoms with Gasteiger partial charge in [-0.2, -0.15) is 0 Å². The first-order valence-electron chi connectivity index (χ1n) is 7.47. The molecule has 1 aliphatic heterocycles. The summed E-state index contributed by atoms with van der Waals surface area (Å²) in [6, 6.07) is 12.7. The number of nitro benzene ring substituents is 1. The van der Waals surface area contributed by atoms with Crippen molar-refractivity contribution in [3.63, 3.8) is 0 Å². The molecule has 1 N–H and O–H groups in total. The van der Waals surface area contributed by atoms with Crippen LogP contribution in [-0.2, 0) is 4.79 Å². The fourth-order valence-corrected chi connectivity index (χ4v) is 2.63. The molecule has 1 heterocycles. The molecule has 0 fully saturated rings. The van der Waals surface area contributed by atoms with Gasteiger partial charge in [-0.05, 0) is 18.2 Å². The van der Waals surface area contributed by atoms with Crippen molar-refractivity contribution in [3.8, 4) is 0 Å². The quantitative estimate of drug-likeness (QED) is 0.510. The van der Waals surface area contributed by atoms with Crippen molar-refractivity contribution in [1.29, 1.82) is 0 Å². The Balaban J connectivity index is 1.71. The molecule has 25 heavy (non-hydrogen) atoms. The summed E-state index contributed by atoms with van der Waals surface area (Å²) in [6.07, 6.45) is -0.103. The zero-order chi connectivity index (χ0) is 18.0. The van der Waals surface area contributed by atoms with Crippen molar-refractivity contribution < 1.29 is 19.3 Å². The zero-order valence-electron chi connectivity index (χ0n) is 13.0. The van der Waals surface area contributed by atoms with Crippen LogP contribution in [0, 0.1) is 10.1 Å². The van der Waals surface area contributed by atoms with Gasteiger partial charge >= 0.3 is 0 Å². The number of rotatable bonds is 5. The average molecular weight is 339 g/mol. The maximum atomic E-state index is 12.4. The Bertz CT molecular complexity index is 879. The Labute approximate surface area is 142 Å². The van der Waals surface area contributed by atoms with Crippen LogP contribution in [0.25, 0.3) is 0 Å². The molecule has 8 nitrogen and oxygen atoms in total. The molecule has 0 spiro atoms. The lowest BCUT2D eigenvalue weighted by Crippen LogP contribution is -2.33. The van der Waals surface area contributed by atoms with Gasteiger partial charge in [-0.1, -0.05) is 24.3 Å². The van der Waals surface area contributed by atoms with Crippen molar-refractivity contribution in [2.75, 3.05) is 11.9 Å². The summed E-state index contributed by atoms with van der Waals surface area (Å²) in [4.78, 5) is 47.9. The predicted molar refractivity (Wildman–Crippen MR) is 88.2 cm³/mol. The highest BCUT2D eigenvalue weighted by Gasteiger charge is 2.40.